The number of carbonyl (C=O) groups excluding carboxylic acids is 1. The van der Waals surface area contributed by atoms with E-state index >= 15 is 0 Å². The molecule has 1 fully saturated rings. The SMILES string of the molecule is CCN(CCC(=O)NCCC(C)C)C1CCS(=O)(=O)C1. The van der Waals surface area contributed by atoms with Crippen LogP contribution in [0.4, 0.5) is 0 Å². The van der Waals surface area contributed by atoms with Crippen molar-refractivity contribution in [1.82, 2.24) is 10.2 Å². The summed E-state index contributed by atoms with van der Waals surface area (Å²) in [7, 11) is -2.86. The second kappa shape index (κ2) is 7.98. The minimum atomic E-state index is -2.86. The van der Waals surface area contributed by atoms with Crippen LogP contribution in [0.1, 0.15) is 40.0 Å². The molecule has 1 aliphatic rings. The molecule has 1 unspecified atom stereocenters. The highest BCUT2D eigenvalue weighted by atomic mass is 32.2. The van der Waals surface area contributed by atoms with Gasteiger partial charge in [0.2, 0.25) is 5.91 Å². The van der Waals surface area contributed by atoms with E-state index in [1.807, 2.05) is 6.92 Å². The Morgan fingerprint density at radius 2 is 2.10 bits per heavy atom. The number of carbonyl (C=O) groups is 1. The molecule has 118 valence electrons. The average Bonchev–Trinajstić information content (AvgIpc) is 2.70. The molecule has 0 aliphatic carbocycles. The van der Waals surface area contributed by atoms with E-state index < -0.39 is 9.84 Å². The maximum absolute atomic E-state index is 11.7. The van der Waals surface area contributed by atoms with Crippen molar-refractivity contribution >= 4 is 15.7 Å². The predicted octanol–water partition coefficient (Wildman–Crippen LogP) is 1.05. The van der Waals surface area contributed by atoms with Crippen LogP contribution in [0.25, 0.3) is 0 Å². The molecular formula is C14H28N2O3S. The standard InChI is InChI=1S/C14H28N2O3S/c1-4-16(13-7-10-20(18,19)11-13)9-6-14(17)15-8-5-12(2)3/h12-13H,4-11H2,1-3H3,(H,15,17). The van der Waals surface area contributed by atoms with Crippen LogP contribution in [0.3, 0.4) is 0 Å². The molecule has 5 nitrogen and oxygen atoms in total. The van der Waals surface area contributed by atoms with Crippen LogP contribution in [0, 0.1) is 5.92 Å². The molecule has 1 atom stereocenters. The van der Waals surface area contributed by atoms with Gasteiger partial charge in [0, 0.05) is 25.6 Å². The van der Waals surface area contributed by atoms with Crippen molar-refractivity contribution in [3.63, 3.8) is 0 Å². The molecular weight excluding hydrogens is 276 g/mol. The smallest absolute Gasteiger partial charge is 0.221 e. The minimum absolute atomic E-state index is 0.0601. The Morgan fingerprint density at radius 1 is 1.40 bits per heavy atom. The van der Waals surface area contributed by atoms with Gasteiger partial charge in [-0.1, -0.05) is 20.8 Å². The summed E-state index contributed by atoms with van der Waals surface area (Å²) in [6.45, 7) is 8.43. The van der Waals surface area contributed by atoms with Crippen molar-refractivity contribution in [2.75, 3.05) is 31.1 Å². The highest BCUT2D eigenvalue weighted by molar-refractivity contribution is 7.91. The third-order valence-electron chi connectivity index (χ3n) is 3.80. The summed E-state index contributed by atoms with van der Waals surface area (Å²) in [6, 6.07) is 0.0912. The molecule has 0 spiro atoms. The number of amides is 1. The van der Waals surface area contributed by atoms with E-state index in [1.165, 1.54) is 0 Å². The Morgan fingerprint density at radius 3 is 2.60 bits per heavy atom. The van der Waals surface area contributed by atoms with Crippen molar-refractivity contribution < 1.29 is 13.2 Å². The van der Waals surface area contributed by atoms with Gasteiger partial charge in [-0.2, -0.15) is 0 Å². The van der Waals surface area contributed by atoms with E-state index in [0.29, 0.717) is 25.3 Å². The van der Waals surface area contributed by atoms with Crippen molar-refractivity contribution in [3.05, 3.63) is 0 Å². The van der Waals surface area contributed by atoms with E-state index in [-0.39, 0.29) is 23.5 Å². The van der Waals surface area contributed by atoms with Gasteiger partial charge in [0.1, 0.15) is 0 Å². The Bertz CT molecular complexity index is 407. The Labute approximate surface area is 123 Å². The zero-order valence-electron chi connectivity index (χ0n) is 12.9. The molecule has 1 amide bonds. The quantitative estimate of drug-likeness (QED) is 0.728. The molecule has 1 rings (SSSR count). The fourth-order valence-electron chi connectivity index (χ4n) is 2.50. The molecule has 1 heterocycles. The summed E-state index contributed by atoms with van der Waals surface area (Å²) in [5.74, 6) is 1.18. The first-order valence-corrected chi connectivity index (χ1v) is 9.37. The Balaban J connectivity index is 2.29. The largest absolute Gasteiger partial charge is 0.356 e. The highest BCUT2D eigenvalue weighted by Crippen LogP contribution is 2.17. The summed E-state index contributed by atoms with van der Waals surface area (Å²) in [4.78, 5) is 13.8. The first-order chi connectivity index (χ1) is 9.34. The van der Waals surface area contributed by atoms with Crippen LogP contribution in [-0.2, 0) is 14.6 Å². The van der Waals surface area contributed by atoms with Crippen LogP contribution in [0.2, 0.25) is 0 Å². The number of nitrogens with one attached hydrogen (secondary N) is 1. The molecule has 20 heavy (non-hydrogen) atoms. The second-order valence-corrected chi connectivity index (χ2v) is 8.20. The van der Waals surface area contributed by atoms with Crippen molar-refractivity contribution in [1.29, 1.82) is 0 Å². The van der Waals surface area contributed by atoms with Crippen molar-refractivity contribution in [2.45, 2.75) is 46.1 Å². The van der Waals surface area contributed by atoms with Gasteiger partial charge in [-0.05, 0) is 25.3 Å². The van der Waals surface area contributed by atoms with Crippen molar-refractivity contribution in [3.8, 4) is 0 Å². The molecule has 1 saturated heterocycles. The van der Waals surface area contributed by atoms with Crippen molar-refractivity contribution in [2.24, 2.45) is 5.92 Å². The van der Waals surface area contributed by atoms with Crippen LogP contribution < -0.4 is 5.32 Å². The van der Waals surface area contributed by atoms with Crippen LogP contribution in [0.5, 0.6) is 0 Å². The third-order valence-corrected chi connectivity index (χ3v) is 5.55. The van der Waals surface area contributed by atoms with Crippen LogP contribution >= 0.6 is 0 Å². The first-order valence-electron chi connectivity index (χ1n) is 7.55. The molecule has 0 aromatic heterocycles. The van der Waals surface area contributed by atoms with Gasteiger partial charge in [0.05, 0.1) is 11.5 Å². The summed E-state index contributed by atoms with van der Waals surface area (Å²) in [5.41, 5.74) is 0. The molecule has 0 aromatic carbocycles. The molecule has 0 saturated carbocycles. The fourth-order valence-corrected chi connectivity index (χ4v) is 4.26. The normalized spacial score (nSPS) is 21.6. The number of rotatable bonds is 8. The van der Waals surface area contributed by atoms with E-state index in [0.717, 1.165) is 19.5 Å². The van der Waals surface area contributed by atoms with Crippen LogP contribution in [0.15, 0.2) is 0 Å². The number of hydrogen-bond donors (Lipinski definition) is 1. The van der Waals surface area contributed by atoms with Gasteiger partial charge < -0.3 is 5.32 Å². The monoisotopic (exact) mass is 304 g/mol. The summed E-state index contributed by atoms with van der Waals surface area (Å²) >= 11 is 0. The van der Waals surface area contributed by atoms with Gasteiger partial charge in [-0.3, -0.25) is 9.69 Å². The Kier molecular flexibility index (Phi) is 6.95. The number of sulfone groups is 1. The van der Waals surface area contributed by atoms with Gasteiger partial charge in [0.15, 0.2) is 9.84 Å². The fraction of sp³-hybridized carbons (Fsp3) is 0.929. The van der Waals surface area contributed by atoms with E-state index in [2.05, 4.69) is 24.1 Å². The molecule has 1 aliphatic heterocycles. The van der Waals surface area contributed by atoms with E-state index in [1.54, 1.807) is 0 Å². The zero-order valence-corrected chi connectivity index (χ0v) is 13.7. The molecule has 0 aromatic rings. The van der Waals surface area contributed by atoms with Crippen LogP contribution in [-0.4, -0.2) is 56.4 Å². The zero-order chi connectivity index (χ0) is 15.2. The number of nitrogens with zero attached hydrogens (tertiary/aromatic N) is 1. The predicted molar refractivity (Wildman–Crippen MR) is 81.4 cm³/mol. The molecule has 1 N–H and O–H groups in total. The summed E-state index contributed by atoms with van der Waals surface area (Å²) in [5, 5.41) is 2.92. The van der Waals surface area contributed by atoms with Gasteiger partial charge in [-0.15, -0.1) is 0 Å². The average molecular weight is 304 g/mol. The highest BCUT2D eigenvalue weighted by Gasteiger charge is 2.31. The summed E-state index contributed by atoms with van der Waals surface area (Å²) in [6.07, 6.45) is 2.14. The topological polar surface area (TPSA) is 66.5 Å². The molecule has 6 heteroatoms. The Hall–Kier alpha value is -0.620. The lowest BCUT2D eigenvalue weighted by atomic mass is 10.1. The maximum Gasteiger partial charge on any atom is 0.221 e. The third kappa shape index (κ3) is 6.22. The molecule has 0 radical (unpaired) electrons. The lowest BCUT2D eigenvalue weighted by Gasteiger charge is -2.26. The first kappa shape index (κ1) is 17.4. The maximum atomic E-state index is 11.7. The summed E-state index contributed by atoms with van der Waals surface area (Å²) < 4.78 is 23.0. The number of hydrogen-bond acceptors (Lipinski definition) is 4. The van der Waals surface area contributed by atoms with E-state index in [4.69, 9.17) is 0 Å². The van der Waals surface area contributed by atoms with Gasteiger partial charge in [-0.25, -0.2) is 8.42 Å². The second-order valence-electron chi connectivity index (χ2n) is 5.97. The lowest BCUT2D eigenvalue weighted by Crippen LogP contribution is -2.39. The van der Waals surface area contributed by atoms with E-state index in [9.17, 15) is 13.2 Å². The minimum Gasteiger partial charge on any atom is -0.356 e. The van der Waals surface area contributed by atoms with Gasteiger partial charge in [0.25, 0.3) is 0 Å². The van der Waals surface area contributed by atoms with Gasteiger partial charge >= 0.3 is 0 Å². The molecule has 0 bridgehead atoms. The lowest BCUT2D eigenvalue weighted by molar-refractivity contribution is -0.121.